The Morgan fingerprint density at radius 1 is 0.976 bits per heavy atom. The Bertz CT molecular complexity index is 1380. The molecule has 0 saturated carbocycles. The first kappa shape index (κ1) is 28.9. The smallest absolute Gasteiger partial charge is 0.332 e. The summed E-state index contributed by atoms with van der Waals surface area (Å²) in [6.45, 7) is 3.39. The lowest BCUT2D eigenvalue weighted by atomic mass is 10.00. The highest BCUT2D eigenvalue weighted by Gasteiger charge is 2.52. The summed E-state index contributed by atoms with van der Waals surface area (Å²) in [7, 11) is 1.61. The number of methoxy groups -OCH3 is 1. The molecular weight excluding hydrogens is 534 g/mol. The molecule has 0 bridgehead atoms. The predicted octanol–water partition coefficient (Wildman–Crippen LogP) is 3.36. The molecule has 10 nitrogen and oxygen atoms in total. The highest BCUT2D eigenvalue weighted by Crippen LogP contribution is 2.31. The molecule has 3 aromatic rings. The highest BCUT2D eigenvalue weighted by molar-refractivity contribution is 5.91. The number of nitrogens with one attached hydrogen (secondary N) is 1. The van der Waals surface area contributed by atoms with Gasteiger partial charge in [-0.3, -0.25) is 14.6 Å². The van der Waals surface area contributed by atoms with Gasteiger partial charge in [-0.05, 0) is 47.4 Å². The summed E-state index contributed by atoms with van der Waals surface area (Å²) in [5.41, 5.74) is 2.74. The maximum atomic E-state index is 14.0. The zero-order chi connectivity index (χ0) is 29.6. The number of aromatic hydroxyl groups is 1. The van der Waals surface area contributed by atoms with Gasteiger partial charge < -0.3 is 25.0 Å². The number of amides is 4. The van der Waals surface area contributed by atoms with E-state index in [9.17, 15) is 19.5 Å². The van der Waals surface area contributed by atoms with Crippen molar-refractivity contribution in [1.82, 2.24) is 25.1 Å². The molecule has 42 heavy (non-hydrogen) atoms. The summed E-state index contributed by atoms with van der Waals surface area (Å²) in [5.74, 6) is 0.511. The number of phenols is 1. The zero-order valence-corrected chi connectivity index (χ0v) is 24.0. The van der Waals surface area contributed by atoms with E-state index in [1.165, 1.54) is 0 Å². The van der Waals surface area contributed by atoms with E-state index < -0.39 is 12.2 Å². The Labute approximate surface area is 246 Å². The minimum absolute atomic E-state index is 0.000836. The van der Waals surface area contributed by atoms with Crippen molar-refractivity contribution in [2.75, 3.05) is 26.7 Å². The lowest BCUT2D eigenvalue weighted by Crippen LogP contribution is -2.66. The molecule has 2 heterocycles. The molecular formula is C32H37N5O5. The van der Waals surface area contributed by atoms with Gasteiger partial charge in [-0.2, -0.15) is 5.01 Å². The van der Waals surface area contributed by atoms with Gasteiger partial charge in [0, 0.05) is 26.1 Å². The van der Waals surface area contributed by atoms with Crippen LogP contribution in [-0.2, 0) is 29.1 Å². The average molecular weight is 572 g/mol. The molecule has 2 N–H and O–H groups in total. The van der Waals surface area contributed by atoms with Gasteiger partial charge in [0.2, 0.25) is 11.8 Å². The Morgan fingerprint density at radius 3 is 2.33 bits per heavy atom. The van der Waals surface area contributed by atoms with Crippen LogP contribution in [0.3, 0.4) is 0 Å². The number of carbonyl (C=O) groups excluding carboxylic acids is 3. The van der Waals surface area contributed by atoms with Crippen LogP contribution in [0.25, 0.3) is 0 Å². The molecule has 2 aliphatic rings. The van der Waals surface area contributed by atoms with Crippen LogP contribution in [0, 0.1) is 0 Å². The molecule has 2 atom stereocenters. The van der Waals surface area contributed by atoms with Gasteiger partial charge in [0.05, 0.1) is 20.2 Å². The first-order valence-electron chi connectivity index (χ1n) is 14.2. The maximum Gasteiger partial charge on any atom is 0.332 e. The number of nitrogens with zero attached hydrogens (tertiary/aromatic N) is 4. The van der Waals surface area contributed by atoms with Gasteiger partial charge in [0.25, 0.3) is 0 Å². The lowest BCUT2D eigenvalue weighted by Gasteiger charge is -2.46. The van der Waals surface area contributed by atoms with Crippen molar-refractivity contribution in [1.29, 1.82) is 0 Å². The molecule has 10 heteroatoms. The third-order valence-electron chi connectivity index (χ3n) is 7.73. The zero-order valence-electron chi connectivity index (χ0n) is 24.0. The second-order valence-electron chi connectivity index (χ2n) is 10.6. The third kappa shape index (κ3) is 6.33. The second kappa shape index (κ2) is 12.9. The second-order valence-corrected chi connectivity index (χ2v) is 10.6. The number of carbonyl (C=O) groups is 3. The van der Waals surface area contributed by atoms with Gasteiger partial charge in [-0.1, -0.05) is 61.5 Å². The molecule has 2 aliphatic heterocycles. The largest absolute Gasteiger partial charge is 0.508 e. The Morgan fingerprint density at radius 2 is 1.67 bits per heavy atom. The fraction of sp³-hybridized carbons (Fsp3) is 0.344. The normalized spacial score (nSPS) is 18.6. The Balaban J connectivity index is 1.42. The molecule has 0 spiro atoms. The van der Waals surface area contributed by atoms with E-state index in [1.54, 1.807) is 46.2 Å². The molecule has 0 unspecified atom stereocenters. The number of benzene rings is 3. The summed E-state index contributed by atoms with van der Waals surface area (Å²) < 4.78 is 5.28. The van der Waals surface area contributed by atoms with E-state index in [0.717, 1.165) is 22.4 Å². The van der Waals surface area contributed by atoms with Gasteiger partial charge >= 0.3 is 6.03 Å². The molecule has 0 aromatic heterocycles. The first-order chi connectivity index (χ1) is 20.4. The molecule has 2 fully saturated rings. The van der Waals surface area contributed by atoms with Crippen molar-refractivity contribution in [2.24, 2.45) is 0 Å². The number of rotatable bonds is 10. The molecule has 4 amide bonds. The third-order valence-corrected chi connectivity index (χ3v) is 7.73. The van der Waals surface area contributed by atoms with Crippen molar-refractivity contribution < 1.29 is 24.2 Å². The van der Waals surface area contributed by atoms with Crippen molar-refractivity contribution in [3.05, 3.63) is 95.6 Å². The van der Waals surface area contributed by atoms with Crippen LogP contribution in [0.5, 0.6) is 11.5 Å². The van der Waals surface area contributed by atoms with Crippen LogP contribution in [-0.4, -0.2) is 81.7 Å². The monoisotopic (exact) mass is 571 g/mol. The Kier molecular flexibility index (Phi) is 8.92. The van der Waals surface area contributed by atoms with Crippen molar-refractivity contribution in [2.45, 2.75) is 45.1 Å². The van der Waals surface area contributed by atoms with Crippen molar-refractivity contribution in [3.8, 4) is 11.5 Å². The predicted molar refractivity (Wildman–Crippen MR) is 157 cm³/mol. The van der Waals surface area contributed by atoms with E-state index in [0.29, 0.717) is 32.5 Å². The number of hydrogen-bond donors (Lipinski definition) is 2. The minimum Gasteiger partial charge on any atom is -0.508 e. The topological polar surface area (TPSA) is 106 Å². The number of hydrogen-bond acceptors (Lipinski definition) is 6. The van der Waals surface area contributed by atoms with E-state index in [2.05, 4.69) is 5.32 Å². The van der Waals surface area contributed by atoms with E-state index >= 15 is 0 Å². The number of phenolic OH excluding ortho intramolecular Hbond substituents is 1. The molecule has 5 rings (SSSR count). The number of ether oxygens (including phenoxy) is 1. The minimum atomic E-state index is -0.750. The molecule has 2 saturated heterocycles. The summed E-state index contributed by atoms with van der Waals surface area (Å²) in [6, 6.07) is 22.9. The maximum absolute atomic E-state index is 14.0. The van der Waals surface area contributed by atoms with Crippen LogP contribution in [0.4, 0.5) is 4.79 Å². The number of fused-ring (bicyclic) bond motifs is 1. The summed E-state index contributed by atoms with van der Waals surface area (Å²) in [6.07, 6.45) is 0.480. The van der Waals surface area contributed by atoms with Crippen LogP contribution in [0.1, 0.15) is 30.0 Å². The fourth-order valence-electron chi connectivity index (χ4n) is 5.62. The summed E-state index contributed by atoms with van der Waals surface area (Å²) in [4.78, 5) is 44.4. The summed E-state index contributed by atoms with van der Waals surface area (Å²) in [5, 5.41) is 16.2. The fourth-order valence-corrected chi connectivity index (χ4v) is 5.62. The molecule has 3 aromatic carbocycles. The SMILES string of the molecule is CCCN(C(=O)NCc1ccccc1)N1CC(=O)N2[C@@H](Cc3ccc(O)cc3)C(=O)N(Cc3ccc(OC)cc3)C[C@@H]21. The van der Waals surface area contributed by atoms with Crippen LogP contribution in [0.15, 0.2) is 78.9 Å². The van der Waals surface area contributed by atoms with Crippen LogP contribution >= 0.6 is 0 Å². The standard InChI is InChI=1S/C32H37N5O5/c1-3-17-35(32(41)33-19-24-7-5-4-6-8-24)36-22-30(39)37-28(18-23-9-13-26(38)14-10-23)31(40)34(21-29(36)37)20-25-11-15-27(42-2)16-12-25/h4-16,28-29,38H,3,17-22H2,1-2H3,(H,33,41)/t28-,29+/m0/s1. The first-order valence-corrected chi connectivity index (χ1v) is 14.2. The lowest BCUT2D eigenvalue weighted by molar-refractivity contribution is -0.157. The van der Waals surface area contributed by atoms with Crippen LogP contribution < -0.4 is 10.1 Å². The van der Waals surface area contributed by atoms with Crippen LogP contribution in [0.2, 0.25) is 0 Å². The van der Waals surface area contributed by atoms with Gasteiger partial charge in [0.15, 0.2) is 0 Å². The van der Waals surface area contributed by atoms with Crippen molar-refractivity contribution in [3.63, 3.8) is 0 Å². The van der Waals surface area contributed by atoms with E-state index in [-0.39, 0.29) is 36.7 Å². The summed E-state index contributed by atoms with van der Waals surface area (Å²) >= 11 is 0. The number of piperazine rings is 1. The highest BCUT2D eigenvalue weighted by atomic mass is 16.5. The van der Waals surface area contributed by atoms with E-state index in [1.807, 2.05) is 66.5 Å². The molecule has 0 aliphatic carbocycles. The van der Waals surface area contributed by atoms with Gasteiger partial charge in [-0.15, -0.1) is 0 Å². The van der Waals surface area contributed by atoms with Crippen molar-refractivity contribution >= 4 is 17.8 Å². The average Bonchev–Trinajstić information content (AvgIpc) is 3.33. The molecule has 220 valence electrons. The van der Waals surface area contributed by atoms with E-state index in [4.69, 9.17) is 4.74 Å². The number of hydrazine groups is 1. The van der Waals surface area contributed by atoms with Gasteiger partial charge in [-0.25, -0.2) is 4.79 Å². The molecule has 0 radical (unpaired) electrons. The quantitative estimate of drug-likeness (QED) is 0.387. The number of urea groups is 1. The van der Waals surface area contributed by atoms with Gasteiger partial charge in [0.1, 0.15) is 23.7 Å². The Hall–Kier alpha value is -4.57.